The van der Waals surface area contributed by atoms with Crippen LogP contribution in [0.5, 0.6) is 0 Å². The Bertz CT molecular complexity index is 812. The van der Waals surface area contributed by atoms with Crippen LogP contribution in [0.3, 0.4) is 0 Å². The molecule has 1 nitrogen and oxygen atoms in total. The van der Waals surface area contributed by atoms with E-state index < -0.39 is 0 Å². The molecule has 0 heterocycles. The van der Waals surface area contributed by atoms with Crippen molar-refractivity contribution >= 4 is 0 Å². The molecule has 1 heteroatoms. The van der Waals surface area contributed by atoms with E-state index in [0.717, 1.165) is 24.9 Å². The first-order chi connectivity index (χ1) is 12.4. The molecule has 1 fully saturated rings. The highest BCUT2D eigenvalue weighted by atomic mass is 15.1. The Labute approximate surface area is 158 Å². The van der Waals surface area contributed by atoms with Gasteiger partial charge in [0, 0.05) is 13.1 Å². The molecule has 26 heavy (non-hydrogen) atoms. The van der Waals surface area contributed by atoms with Crippen molar-refractivity contribution in [1.82, 2.24) is 4.90 Å². The third-order valence-corrected chi connectivity index (χ3v) is 6.79. The second-order valence-electron chi connectivity index (χ2n) is 9.06. The Balaban J connectivity index is 1.39. The molecule has 0 N–H and O–H groups in total. The predicted octanol–water partition coefficient (Wildman–Crippen LogP) is 6.09. The number of nitrogens with zero attached hydrogens (tertiary/aromatic N) is 1. The second kappa shape index (κ2) is 6.70. The van der Waals surface area contributed by atoms with E-state index in [1.807, 2.05) is 0 Å². The number of fused-ring (bicyclic) bond motifs is 1. The molecule has 5 rings (SSSR count). The zero-order chi connectivity index (χ0) is 18.3. The van der Waals surface area contributed by atoms with Gasteiger partial charge in [-0.1, -0.05) is 79.6 Å². The Hall–Kier alpha value is -1.86. The van der Waals surface area contributed by atoms with Gasteiger partial charge in [0.25, 0.3) is 0 Å². The summed E-state index contributed by atoms with van der Waals surface area (Å²) in [6.45, 7) is 9.20. The first-order valence-electron chi connectivity index (χ1n) is 9.97. The highest BCUT2D eigenvalue weighted by Crippen LogP contribution is 2.59. The van der Waals surface area contributed by atoms with Crippen LogP contribution in [0.25, 0.3) is 11.1 Å². The molecule has 0 amide bonds. The lowest BCUT2D eigenvalue weighted by Gasteiger charge is -2.57. The van der Waals surface area contributed by atoms with Gasteiger partial charge in [-0.15, -0.1) is 0 Å². The maximum atomic E-state index is 2.53. The zero-order valence-electron chi connectivity index (χ0n) is 16.6. The number of aryl methyl sites for hydroxylation is 1. The van der Waals surface area contributed by atoms with Crippen molar-refractivity contribution in [1.29, 1.82) is 0 Å². The molecule has 0 radical (unpaired) electrons. The van der Waals surface area contributed by atoms with E-state index >= 15 is 0 Å². The van der Waals surface area contributed by atoms with Gasteiger partial charge in [-0.05, 0) is 60.8 Å². The molecule has 0 spiro atoms. The van der Waals surface area contributed by atoms with E-state index in [1.54, 1.807) is 5.57 Å². The summed E-state index contributed by atoms with van der Waals surface area (Å²) in [4.78, 5) is 2.47. The first-order valence-corrected chi connectivity index (χ1v) is 9.97. The van der Waals surface area contributed by atoms with E-state index in [4.69, 9.17) is 0 Å². The fourth-order valence-electron chi connectivity index (χ4n) is 4.96. The van der Waals surface area contributed by atoms with Crippen molar-refractivity contribution in [2.75, 3.05) is 13.6 Å². The summed E-state index contributed by atoms with van der Waals surface area (Å²) in [5.41, 5.74) is 7.52. The van der Waals surface area contributed by atoms with Gasteiger partial charge < -0.3 is 0 Å². The average molecular weight is 346 g/mol. The van der Waals surface area contributed by atoms with Gasteiger partial charge in [-0.3, -0.25) is 4.90 Å². The molecule has 2 bridgehead atoms. The van der Waals surface area contributed by atoms with Crippen molar-refractivity contribution in [3.63, 3.8) is 0 Å². The summed E-state index contributed by atoms with van der Waals surface area (Å²) < 4.78 is 0. The normalized spacial score (nSPS) is 23.5. The van der Waals surface area contributed by atoms with Crippen LogP contribution in [0.2, 0.25) is 0 Å². The Kier molecular flexibility index (Phi) is 4.52. The largest absolute Gasteiger partial charge is 0.298 e. The number of hydrogen-bond donors (Lipinski definition) is 0. The molecule has 0 aromatic heterocycles. The minimum Gasteiger partial charge on any atom is -0.298 e. The second-order valence-corrected chi connectivity index (χ2v) is 9.06. The number of likely N-dealkylation sites (N-methyl/N-ethyl adjacent to an activating group) is 1. The molecule has 0 saturated heterocycles. The summed E-state index contributed by atoms with van der Waals surface area (Å²) >= 11 is 0. The van der Waals surface area contributed by atoms with Crippen molar-refractivity contribution < 1.29 is 0 Å². The molecular weight excluding hydrogens is 314 g/mol. The SMILES string of the molecule is Cc1cccc(-c2ccc(CN(C)CC3=CC[C@H]4C[C@@H]3C4(C)C)cc2)c1. The lowest BCUT2D eigenvalue weighted by Crippen LogP contribution is -2.49. The zero-order valence-corrected chi connectivity index (χ0v) is 16.6. The van der Waals surface area contributed by atoms with Crippen molar-refractivity contribution in [2.24, 2.45) is 17.3 Å². The van der Waals surface area contributed by atoms with Crippen LogP contribution in [0, 0.1) is 24.2 Å². The third-order valence-electron chi connectivity index (χ3n) is 6.79. The van der Waals surface area contributed by atoms with Crippen LogP contribution in [0.15, 0.2) is 60.2 Å². The van der Waals surface area contributed by atoms with E-state index in [2.05, 4.69) is 87.3 Å². The van der Waals surface area contributed by atoms with Gasteiger partial charge in [0.05, 0.1) is 0 Å². The van der Waals surface area contributed by atoms with Gasteiger partial charge in [0.1, 0.15) is 0 Å². The molecular formula is C25H31N. The summed E-state index contributed by atoms with van der Waals surface area (Å²) in [6.07, 6.45) is 5.23. The van der Waals surface area contributed by atoms with Gasteiger partial charge >= 0.3 is 0 Å². The molecule has 0 aliphatic heterocycles. The average Bonchev–Trinajstić information content (AvgIpc) is 2.62. The van der Waals surface area contributed by atoms with Gasteiger partial charge in [-0.25, -0.2) is 0 Å². The van der Waals surface area contributed by atoms with Crippen LogP contribution in [0.4, 0.5) is 0 Å². The fourth-order valence-corrected chi connectivity index (χ4v) is 4.96. The van der Waals surface area contributed by atoms with E-state index in [9.17, 15) is 0 Å². The molecule has 1 saturated carbocycles. The minimum atomic E-state index is 0.528. The number of allylic oxidation sites excluding steroid dienone is 1. The van der Waals surface area contributed by atoms with Crippen molar-refractivity contribution in [3.8, 4) is 11.1 Å². The quantitative estimate of drug-likeness (QED) is 0.593. The molecule has 2 aromatic carbocycles. The highest BCUT2D eigenvalue weighted by molar-refractivity contribution is 5.64. The highest BCUT2D eigenvalue weighted by Gasteiger charge is 2.50. The van der Waals surface area contributed by atoms with E-state index in [-0.39, 0.29) is 0 Å². The summed E-state index contributed by atoms with van der Waals surface area (Å²) in [5, 5.41) is 0. The number of hydrogen-bond acceptors (Lipinski definition) is 1. The van der Waals surface area contributed by atoms with Crippen LogP contribution in [0.1, 0.15) is 37.8 Å². The standard InChI is InChI=1S/C25H31N/c1-18-6-5-7-21(14-18)20-10-8-19(9-11-20)16-26(4)17-22-12-13-23-15-24(22)25(23,2)3/h5-12,14,23-24H,13,15-17H2,1-4H3/t23-,24-/m0/s1. The maximum Gasteiger partial charge on any atom is 0.0234 e. The van der Waals surface area contributed by atoms with Crippen molar-refractivity contribution in [2.45, 2.75) is 40.2 Å². The van der Waals surface area contributed by atoms with Crippen LogP contribution < -0.4 is 0 Å². The predicted molar refractivity (Wildman–Crippen MR) is 111 cm³/mol. The van der Waals surface area contributed by atoms with Gasteiger partial charge in [0.2, 0.25) is 0 Å². The molecule has 3 aliphatic carbocycles. The Morgan fingerprint density at radius 2 is 1.77 bits per heavy atom. The molecule has 136 valence electrons. The Morgan fingerprint density at radius 1 is 1.00 bits per heavy atom. The van der Waals surface area contributed by atoms with Gasteiger partial charge in [0.15, 0.2) is 0 Å². The minimum absolute atomic E-state index is 0.528. The topological polar surface area (TPSA) is 3.24 Å². The summed E-state index contributed by atoms with van der Waals surface area (Å²) in [5.74, 6) is 1.74. The van der Waals surface area contributed by atoms with Crippen LogP contribution in [-0.4, -0.2) is 18.5 Å². The monoisotopic (exact) mass is 345 g/mol. The fraction of sp³-hybridized carbons (Fsp3) is 0.440. The van der Waals surface area contributed by atoms with Crippen molar-refractivity contribution in [3.05, 3.63) is 71.3 Å². The molecule has 2 aromatic rings. The third kappa shape index (κ3) is 3.25. The first kappa shape index (κ1) is 17.5. The number of rotatable bonds is 5. The molecule has 3 aliphatic rings. The van der Waals surface area contributed by atoms with Crippen LogP contribution >= 0.6 is 0 Å². The Morgan fingerprint density at radius 3 is 2.42 bits per heavy atom. The molecule has 0 unspecified atom stereocenters. The lowest BCUT2D eigenvalue weighted by atomic mass is 9.49. The smallest absolute Gasteiger partial charge is 0.0234 e. The summed E-state index contributed by atoms with van der Waals surface area (Å²) in [6, 6.07) is 17.8. The van der Waals surface area contributed by atoms with E-state index in [1.165, 1.54) is 35.1 Å². The summed E-state index contributed by atoms with van der Waals surface area (Å²) in [7, 11) is 2.26. The number of benzene rings is 2. The van der Waals surface area contributed by atoms with E-state index in [0.29, 0.717) is 5.41 Å². The van der Waals surface area contributed by atoms with Crippen LogP contribution in [-0.2, 0) is 6.54 Å². The maximum absolute atomic E-state index is 2.53. The lowest BCUT2D eigenvalue weighted by molar-refractivity contribution is -0.0101. The van der Waals surface area contributed by atoms with Gasteiger partial charge in [-0.2, -0.15) is 0 Å². The molecule has 2 atom stereocenters.